The van der Waals surface area contributed by atoms with E-state index in [1.165, 1.54) is 6.92 Å². The van der Waals surface area contributed by atoms with Gasteiger partial charge in [-0.05, 0) is 6.92 Å². The number of alkyl halides is 3. The van der Waals surface area contributed by atoms with Gasteiger partial charge < -0.3 is 14.8 Å². The number of hydrogen-bond donors (Lipinski definition) is 2. The van der Waals surface area contributed by atoms with Crippen LogP contribution in [0.2, 0.25) is 0 Å². The first-order valence-electron chi connectivity index (χ1n) is 5.20. The Morgan fingerprint density at radius 3 is 2.58 bits per heavy atom. The first kappa shape index (κ1) is 15.8. The van der Waals surface area contributed by atoms with Crippen molar-refractivity contribution in [3.8, 4) is 0 Å². The number of aliphatic carboxylic acids is 1. The van der Waals surface area contributed by atoms with Crippen LogP contribution in [0.5, 0.6) is 0 Å². The van der Waals surface area contributed by atoms with Gasteiger partial charge in [-0.15, -0.1) is 10.2 Å². The van der Waals surface area contributed by atoms with Crippen molar-refractivity contribution in [2.45, 2.75) is 37.3 Å². The summed E-state index contributed by atoms with van der Waals surface area (Å²) in [5.74, 6) is -1.49. The number of aromatic nitrogens is 3. The van der Waals surface area contributed by atoms with Crippen LogP contribution in [0.25, 0.3) is 0 Å². The molecule has 1 heterocycles. The molecule has 0 spiro atoms. The third-order valence-electron chi connectivity index (χ3n) is 2.17. The van der Waals surface area contributed by atoms with Crippen molar-refractivity contribution < 1.29 is 28.2 Å². The highest BCUT2D eigenvalue weighted by atomic mass is 32.2. The number of carboxylic acids is 1. The minimum atomic E-state index is -4.37. The van der Waals surface area contributed by atoms with Crippen LogP contribution in [0.3, 0.4) is 0 Å². The molecule has 0 aliphatic rings. The molecule has 0 saturated heterocycles. The van der Waals surface area contributed by atoms with E-state index in [9.17, 15) is 18.0 Å². The van der Waals surface area contributed by atoms with E-state index >= 15 is 0 Å². The van der Waals surface area contributed by atoms with Crippen molar-refractivity contribution in [1.82, 2.24) is 14.8 Å². The molecule has 1 unspecified atom stereocenters. The van der Waals surface area contributed by atoms with Gasteiger partial charge in [0, 0.05) is 6.04 Å². The van der Waals surface area contributed by atoms with Gasteiger partial charge in [-0.2, -0.15) is 13.2 Å². The second-order valence-corrected chi connectivity index (χ2v) is 4.72. The van der Waals surface area contributed by atoms with Crippen LogP contribution in [-0.4, -0.2) is 42.9 Å². The molecule has 0 saturated carbocycles. The van der Waals surface area contributed by atoms with Crippen LogP contribution in [0, 0.1) is 0 Å². The van der Waals surface area contributed by atoms with Crippen molar-refractivity contribution in [3.63, 3.8) is 0 Å². The predicted octanol–water partition coefficient (Wildman–Crippen LogP) is 1.46. The van der Waals surface area contributed by atoms with Crippen LogP contribution in [0.15, 0.2) is 5.16 Å². The second-order valence-electron chi connectivity index (χ2n) is 3.78. The Hall–Kier alpha value is -1.29. The fourth-order valence-electron chi connectivity index (χ4n) is 1.51. The van der Waals surface area contributed by atoms with Crippen molar-refractivity contribution in [3.05, 3.63) is 5.82 Å². The highest BCUT2D eigenvalue weighted by molar-refractivity contribution is 7.99. The maximum absolute atomic E-state index is 12.4. The fraction of sp³-hybridized carbons (Fsp3) is 0.667. The van der Waals surface area contributed by atoms with Gasteiger partial charge in [0.2, 0.25) is 0 Å². The van der Waals surface area contributed by atoms with Crippen molar-refractivity contribution in [2.75, 3.05) is 5.75 Å². The molecule has 1 aromatic heterocycles. The number of hydrogen-bond acceptors (Lipinski definition) is 5. The number of rotatable bonds is 6. The van der Waals surface area contributed by atoms with E-state index in [4.69, 9.17) is 10.2 Å². The van der Waals surface area contributed by atoms with Gasteiger partial charge in [0.05, 0.1) is 12.2 Å². The Labute approximate surface area is 110 Å². The zero-order valence-corrected chi connectivity index (χ0v) is 10.7. The molecule has 1 aromatic rings. The highest BCUT2D eigenvalue weighted by Crippen LogP contribution is 2.31. The Morgan fingerprint density at radius 2 is 2.11 bits per heavy atom. The molecular weight excluding hydrogens is 287 g/mol. The molecule has 0 aromatic carbocycles. The Kier molecular flexibility index (Phi) is 5.18. The SMILES string of the molecule is CC(CC(F)(F)F)n1c(CO)nnc1SCC(=O)O. The summed E-state index contributed by atoms with van der Waals surface area (Å²) in [6, 6.07) is -1.02. The van der Waals surface area contributed by atoms with Gasteiger partial charge in [0.1, 0.15) is 6.61 Å². The maximum Gasteiger partial charge on any atom is 0.391 e. The van der Waals surface area contributed by atoms with Crippen LogP contribution >= 0.6 is 11.8 Å². The molecular formula is C9H12F3N3O3S. The molecule has 0 aliphatic carbocycles. The quantitative estimate of drug-likeness (QED) is 0.773. The summed E-state index contributed by atoms with van der Waals surface area (Å²) in [4.78, 5) is 10.5. The lowest BCUT2D eigenvalue weighted by Gasteiger charge is -2.18. The molecule has 0 fully saturated rings. The van der Waals surface area contributed by atoms with Crippen molar-refractivity contribution in [1.29, 1.82) is 0 Å². The number of nitrogens with zero attached hydrogens (tertiary/aromatic N) is 3. The lowest BCUT2D eigenvalue weighted by molar-refractivity contribution is -0.142. The average molecular weight is 299 g/mol. The minimum Gasteiger partial charge on any atom is -0.481 e. The zero-order chi connectivity index (χ0) is 14.6. The molecule has 0 aliphatic heterocycles. The minimum absolute atomic E-state index is 0.0235. The van der Waals surface area contributed by atoms with E-state index in [1.54, 1.807) is 0 Å². The Balaban J connectivity index is 2.95. The second kappa shape index (κ2) is 6.24. The Bertz CT molecular complexity index is 450. The lowest BCUT2D eigenvalue weighted by atomic mass is 10.2. The standard InChI is InChI=1S/C9H12F3N3O3S/c1-5(2-9(10,11)12)15-6(3-16)13-14-8(15)19-4-7(17)18/h5,16H,2-4H2,1H3,(H,17,18). The monoisotopic (exact) mass is 299 g/mol. The molecule has 1 rings (SSSR count). The number of aliphatic hydroxyl groups is 1. The van der Waals surface area contributed by atoms with Gasteiger partial charge in [-0.3, -0.25) is 4.79 Å². The summed E-state index contributed by atoms with van der Waals surface area (Å²) in [7, 11) is 0. The number of carboxylic acid groups (broad SMARTS) is 1. The molecule has 2 N–H and O–H groups in total. The van der Waals surface area contributed by atoms with E-state index < -0.39 is 31.2 Å². The fourth-order valence-corrected chi connectivity index (χ4v) is 2.28. The summed E-state index contributed by atoms with van der Waals surface area (Å²) < 4.78 is 38.2. The molecule has 10 heteroatoms. The van der Waals surface area contributed by atoms with E-state index in [-0.39, 0.29) is 16.7 Å². The molecule has 0 amide bonds. The maximum atomic E-state index is 12.4. The molecule has 6 nitrogen and oxygen atoms in total. The van der Waals surface area contributed by atoms with E-state index in [2.05, 4.69) is 10.2 Å². The summed E-state index contributed by atoms with van der Waals surface area (Å²) in [6.45, 7) is 0.740. The van der Waals surface area contributed by atoms with E-state index in [0.29, 0.717) is 0 Å². The zero-order valence-electron chi connectivity index (χ0n) is 9.89. The predicted molar refractivity (Wildman–Crippen MR) is 59.7 cm³/mol. The third kappa shape index (κ3) is 4.71. The summed E-state index contributed by atoms with van der Waals surface area (Å²) in [5, 5.41) is 24.8. The Morgan fingerprint density at radius 1 is 1.47 bits per heavy atom. The van der Waals surface area contributed by atoms with Crippen LogP contribution in [0.4, 0.5) is 13.2 Å². The first-order valence-corrected chi connectivity index (χ1v) is 6.19. The largest absolute Gasteiger partial charge is 0.481 e. The number of aliphatic hydroxyl groups excluding tert-OH is 1. The van der Waals surface area contributed by atoms with Gasteiger partial charge in [0.25, 0.3) is 0 Å². The number of carbonyl (C=O) groups is 1. The molecule has 0 bridgehead atoms. The number of thioether (sulfide) groups is 1. The summed E-state index contributed by atoms with van der Waals surface area (Å²) in [5.41, 5.74) is 0. The number of halogens is 3. The average Bonchev–Trinajstić information content (AvgIpc) is 2.66. The molecule has 108 valence electrons. The topological polar surface area (TPSA) is 88.2 Å². The van der Waals surface area contributed by atoms with Crippen molar-refractivity contribution in [2.24, 2.45) is 0 Å². The lowest BCUT2D eigenvalue weighted by Crippen LogP contribution is -2.19. The molecule has 1 atom stereocenters. The van der Waals surface area contributed by atoms with Crippen LogP contribution in [-0.2, 0) is 11.4 Å². The first-order chi connectivity index (χ1) is 8.74. The summed E-state index contributed by atoms with van der Waals surface area (Å²) >= 11 is 0.757. The van der Waals surface area contributed by atoms with Gasteiger partial charge >= 0.3 is 12.1 Å². The normalized spacial score (nSPS) is 13.5. The van der Waals surface area contributed by atoms with E-state index in [1.807, 2.05) is 0 Å². The van der Waals surface area contributed by atoms with Gasteiger partial charge in [-0.25, -0.2) is 0 Å². The van der Waals surface area contributed by atoms with Crippen LogP contribution in [0.1, 0.15) is 25.2 Å². The van der Waals surface area contributed by atoms with Gasteiger partial charge in [-0.1, -0.05) is 11.8 Å². The molecule has 0 radical (unpaired) electrons. The van der Waals surface area contributed by atoms with E-state index in [0.717, 1.165) is 16.3 Å². The van der Waals surface area contributed by atoms with Crippen molar-refractivity contribution >= 4 is 17.7 Å². The summed E-state index contributed by atoms with van der Waals surface area (Å²) in [6.07, 6.45) is -5.48. The van der Waals surface area contributed by atoms with Gasteiger partial charge in [0.15, 0.2) is 11.0 Å². The highest BCUT2D eigenvalue weighted by Gasteiger charge is 2.32. The molecule has 19 heavy (non-hydrogen) atoms. The smallest absolute Gasteiger partial charge is 0.391 e. The third-order valence-corrected chi connectivity index (χ3v) is 3.10. The van der Waals surface area contributed by atoms with Crippen LogP contribution < -0.4 is 0 Å².